The van der Waals surface area contributed by atoms with Gasteiger partial charge in [0.1, 0.15) is 11.5 Å². The molecule has 92 valence electrons. The smallest absolute Gasteiger partial charge is 0.272 e. The summed E-state index contributed by atoms with van der Waals surface area (Å²) < 4.78 is 0. The maximum Gasteiger partial charge on any atom is 0.272 e. The first-order valence-electron chi connectivity index (χ1n) is 6.22. The number of anilines is 1. The zero-order valence-electron chi connectivity index (χ0n) is 10.4. The van der Waals surface area contributed by atoms with Gasteiger partial charge in [-0.2, -0.15) is 0 Å². The highest BCUT2D eigenvalue weighted by Gasteiger charge is 2.28. The van der Waals surface area contributed by atoms with E-state index in [1.54, 1.807) is 13.1 Å². The highest BCUT2D eigenvalue weighted by molar-refractivity contribution is 5.93. The van der Waals surface area contributed by atoms with Crippen molar-refractivity contribution in [3.63, 3.8) is 0 Å². The molecule has 1 atom stereocenters. The van der Waals surface area contributed by atoms with Gasteiger partial charge in [0.05, 0.1) is 0 Å². The number of nitrogens with zero attached hydrogens (tertiary/aromatic N) is 2. The van der Waals surface area contributed by atoms with Gasteiger partial charge in [-0.15, -0.1) is 0 Å². The van der Waals surface area contributed by atoms with E-state index in [1.807, 2.05) is 17.0 Å². The maximum absolute atomic E-state index is 12.3. The van der Waals surface area contributed by atoms with Gasteiger partial charge < -0.3 is 10.2 Å². The molecule has 0 aromatic carbocycles. The Balaban J connectivity index is 2.18. The first-order chi connectivity index (χ1) is 8.26. The summed E-state index contributed by atoms with van der Waals surface area (Å²) in [5.41, 5.74) is 0.539. The molecule has 0 aliphatic carbocycles. The molecular weight excluding hydrogens is 214 g/mol. The average Bonchev–Trinajstić information content (AvgIpc) is 2.86. The van der Waals surface area contributed by atoms with E-state index in [4.69, 9.17) is 0 Å². The number of aromatic nitrogens is 1. The lowest BCUT2D eigenvalue weighted by Gasteiger charge is -2.23. The molecule has 2 rings (SSSR count). The molecule has 0 saturated carbocycles. The second kappa shape index (κ2) is 5.17. The average molecular weight is 233 g/mol. The van der Waals surface area contributed by atoms with E-state index in [-0.39, 0.29) is 5.91 Å². The third kappa shape index (κ3) is 2.40. The van der Waals surface area contributed by atoms with E-state index in [0.29, 0.717) is 11.7 Å². The minimum atomic E-state index is 0.0615. The van der Waals surface area contributed by atoms with E-state index < -0.39 is 0 Å². The molecule has 1 aromatic rings. The van der Waals surface area contributed by atoms with Gasteiger partial charge in [-0.25, -0.2) is 4.98 Å². The van der Waals surface area contributed by atoms with Crippen LogP contribution in [-0.2, 0) is 0 Å². The zero-order chi connectivity index (χ0) is 12.3. The quantitative estimate of drug-likeness (QED) is 0.870. The van der Waals surface area contributed by atoms with Crippen molar-refractivity contribution in [2.45, 2.75) is 32.2 Å². The minimum absolute atomic E-state index is 0.0615. The summed E-state index contributed by atoms with van der Waals surface area (Å²) in [5.74, 6) is 0.801. The van der Waals surface area contributed by atoms with Gasteiger partial charge in [0, 0.05) is 19.6 Å². The lowest BCUT2D eigenvalue weighted by Crippen LogP contribution is -2.35. The first kappa shape index (κ1) is 11.9. The lowest BCUT2D eigenvalue weighted by molar-refractivity contribution is 0.0728. The van der Waals surface area contributed by atoms with E-state index in [2.05, 4.69) is 17.2 Å². The van der Waals surface area contributed by atoms with Gasteiger partial charge in [-0.3, -0.25) is 4.79 Å². The van der Waals surface area contributed by atoms with Gasteiger partial charge in [-0.1, -0.05) is 13.0 Å². The third-order valence-corrected chi connectivity index (χ3v) is 3.33. The van der Waals surface area contributed by atoms with Crippen LogP contribution >= 0.6 is 0 Å². The van der Waals surface area contributed by atoms with Crippen molar-refractivity contribution in [3.8, 4) is 0 Å². The molecule has 1 aliphatic rings. The minimum Gasteiger partial charge on any atom is -0.373 e. The lowest BCUT2D eigenvalue weighted by atomic mass is 10.1. The van der Waals surface area contributed by atoms with Crippen molar-refractivity contribution >= 4 is 11.7 Å². The van der Waals surface area contributed by atoms with Crippen LogP contribution < -0.4 is 5.32 Å². The fourth-order valence-corrected chi connectivity index (χ4v) is 2.37. The van der Waals surface area contributed by atoms with Crippen molar-refractivity contribution in [2.75, 3.05) is 18.9 Å². The molecule has 1 fully saturated rings. The number of carbonyl (C=O) groups excluding carboxylic acids is 1. The summed E-state index contributed by atoms with van der Waals surface area (Å²) >= 11 is 0. The Morgan fingerprint density at radius 3 is 3.12 bits per heavy atom. The van der Waals surface area contributed by atoms with Gasteiger partial charge in [0.2, 0.25) is 0 Å². The van der Waals surface area contributed by atoms with Crippen LogP contribution in [0.3, 0.4) is 0 Å². The topological polar surface area (TPSA) is 45.2 Å². The third-order valence-electron chi connectivity index (χ3n) is 3.33. The number of hydrogen-bond acceptors (Lipinski definition) is 3. The van der Waals surface area contributed by atoms with E-state index in [1.165, 1.54) is 0 Å². The molecule has 1 aliphatic heterocycles. The van der Waals surface area contributed by atoms with Crippen LogP contribution in [0.5, 0.6) is 0 Å². The van der Waals surface area contributed by atoms with Crippen LogP contribution in [0.2, 0.25) is 0 Å². The van der Waals surface area contributed by atoms with Crippen molar-refractivity contribution in [1.29, 1.82) is 0 Å². The monoisotopic (exact) mass is 233 g/mol. The van der Waals surface area contributed by atoms with Crippen LogP contribution in [0.4, 0.5) is 5.82 Å². The van der Waals surface area contributed by atoms with Crippen LogP contribution in [-0.4, -0.2) is 35.4 Å². The van der Waals surface area contributed by atoms with Gasteiger partial charge >= 0.3 is 0 Å². The Morgan fingerprint density at radius 1 is 1.59 bits per heavy atom. The zero-order valence-corrected chi connectivity index (χ0v) is 10.4. The highest BCUT2D eigenvalue weighted by atomic mass is 16.2. The molecule has 1 amide bonds. The van der Waals surface area contributed by atoms with E-state index >= 15 is 0 Å². The largest absolute Gasteiger partial charge is 0.373 e. The molecule has 1 aromatic heterocycles. The van der Waals surface area contributed by atoms with Gasteiger partial charge in [-0.05, 0) is 31.4 Å². The Hall–Kier alpha value is -1.58. The Kier molecular flexibility index (Phi) is 3.61. The fourth-order valence-electron chi connectivity index (χ4n) is 2.37. The van der Waals surface area contributed by atoms with Crippen LogP contribution in [0.15, 0.2) is 18.2 Å². The molecule has 0 radical (unpaired) electrons. The van der Waals surface area contributed by atoms with E-state index in [9.17, 15) is 4.79 Å². The van der Waals surface area contributed by atoms with Crippen LogP contribution in [0.25, 0.3) is 0 Å². The predicted molar refractivity (Wildman–Crippen MR) is 68.1 cm³/mol. The molecule has 2 heterocycles. The Labute approximate surface area is 102 Å². The first-order valence-corrected chi connectivity index (χ1v) is 6.22. The summed E-state index contributed by atoms with van der Waals surface area (Å²) in [4.78, 5) is 18.6. The number of hydrogen-bond donors (Lipinski definition) is 1. The second-order valence-electron chi connectivity index (χ2n) is 4.36. The molecular formula is C13H19N3O. The Bertz CT molecular complexity index is 405. The van der Waals surface area contributed by atoms with Crippen molar-refractivity contribution in [3.05, 3.63) is 23.9 Å². The molecule has 0 spiro atoms. The standard InChI is InChI=1S/C13H19N3O/c1-3-10-6-5-9-16(10)13(17)11-7-4-8-12(14-2)15-11/h4,7-8,10H,3,5-6,9H2,1-2H3,(H,14,15). The van der Waals surface area contributed by atoms with Crippen molar-refractivity contribution in [2.24, 2.45) is 0 Å². The van der Waals surface area contributed by atoms with Crippen LogP contribution in [0.1, 0.15) is 36.7 Å². The number of pyridine rings is 1. The molecule has 4 heteroatoms. The highest BCUT2D eigenvalue weighted by Crippen LogP contribution is 2.22. The number of rotatable bonds is 3. The summed E-state index contributed by atoms with van der Waals surface area (Å²) in [6.07, 6.45) is 3.25. The van der Waals surface area contributed by atoms with Crippen LogP contribution in [0, 0.1) is 0 Å². The Morgan fingerprint density at radius 2 is 2.41 bits per heavy atom. The number of carbonyl (C=O) groups is 1. The van der Waals surface area contributed by atoms with Gasteiger partial charge in [0.15, 0.2) is 0 Å². The summed E-state index contributed by atoms with van der Waals surface area (Å²) in [6.45, 7) is 3.00. The van der Waals surface area contributed by atoms with Crippen molar-refractivity contribution in [1.82, 2.24) is 9.88 Å². The number of amides is 1. The predicted octanol–water partition coefficient (Wildman–Crippen LogP) is 2.14. The van der Waals surface area contributed by atoms with E-state index in [0.717, 1.165) is 31.6 Å². The number of nitrogens with one attached hydrogen (secondary N) is 1. The SMILES string of the molecule is CCC1CCCN1C(=O)c1cccc(NC)n1. The summed E-state index contributed by atoms with van der Waals surface area (Å²) in [5, 5.41) is 2.96. The number of likely N-dealkylation sites (tertiary alicyclic amines) is 1. The summed E-state index contributed by atoms with van der Waals surface area (Å²) in [6, 6.07) is 5.90. The fraction of sp³-hybridized carbons (Fsp3) is 0.538. The van der Waals surface area contributed by atoms with Crippen molar-refractivity contribution < 1.29 is 4.79 Å². The normalized spacial score (nSPS) is 19.4. The molecule has 1 saturated heterocycles. The van der Waals surface area contributed by atoms with Gasteiger partial charge in [0.25, 0.3) is 5.91 Å². The molecule has 17 heavy (non-hydrogen) atoms. The molecule has 0 bridgehead atoms. The second-order valence-corrected chi connectivity index (χ2v) is 4.36. The molecule has 4 nitrogen and oxygen atoms in total. The molecule has 1 N–H and O–H groups in total. The molecule has 1 unspecified atom stereocenters. The maximum atomic E-state index is 12.3. The summed E-state index contributed by atoms with van der Waals surface area (Å²) in [7, 11) is 1.81.